The normalized spacial score (nSPS) is 10.4. The van der Waals surface area contributed by atoms with Gasteiger partial charge in [0.2, 0.25) is 11.8 Å². The van der Waals surface area contributed by atoms with Gasteiger partial charge in [-0.1, -0.05) is 41.4 Å². The van der Waals surface area contributed by atoms with Crippen LogP contribution in [0.25, 0.3) is 0 Å². The van der Waals surface area contributed by atoms with Gasteiger partial charge in [-0.15, -0.1) is 0 Å². The van der Waals surface area contributed by atoms with Crippen molar-refractivity contribution < 1.29 is 14.0 Å². The lowest BCUT2D eigenvalue weighted by Gasteiger charge is -2.22. The molecule has 0 bridgehead atoms. The van der Waals surface area contributed by atoms with Crippen molar-refractivity contribution >= 4 is 40.7 Å². The van der Waals surface area contributed by atoms with Crippen LogP contribution in [0.2, 0.25) is 10.0 Å². The highest BCUT2D eigenvalue weighted by Crippen LogP contribution is 2.25. The molecule has 2 rings (SSSR count). The lowest BCUT2D eigenvalue weighted by Crippen LogP contribution is -2.38. The molecule has 25 heavy (non-hydrogen) atoms. The average Bonchev–Trinajstić information content (AvgIpc) is 2.52. The van der Waals surface area contributed by atoms with E-state index in [-0.39, 0.29) is 31.3 Å². The summed E-state index contributed by atoms with van der Waals surface area (Å²) in [5.74, 6) is -0.948. The summed E-state index contributed by atoms with van der Waals surface area (Å²) in [5.41, 5.74) is 0.874. The summed E-state index contributed by atoms with van der Waals surface area (Å²) < 4.78 is 13.5. The van der Waals surface area contributed by atoms with Crippen molar-refractivity contribution in [2.75, 3.05) is 18.0 Å². The van der Waals surface area contributed by atoms with Crippen LogP contribution >= 0.6 is 23.2 Å². The summed E-state index contributed by atoms with van der Waals surface area (Å²) in [5, 5.41) is 3.51. The van der Waals surface area contributed by atoms with E-state index in [0.717, 1.165) is 0 Å². The Morgan fingerprint density at radius 2 is 1.76 bits per heavy atom. The second kappa shape index (κ2) is 8.83. The maximum absolute atomic E-state index is 13.5. The van der Waals surface area contributed by atoms with Crippen LogP contribution in [0, 0.1) is 5.82 Å². The van der Waals surface area contributed by atoms with E-state index in [9.17, 15) is 14.0 Å². The monoisotopic (exact) mass is 382 g/mol. The Labute approximate surface area is 155 Å². The molecule has 0 radical (unpaired) electrons. The predicted molar refractivity (Wildman–Crippen MR) is 97.6 cm³/mol. The Bertz CT molecular complexity index is 763. The minimum absolute atomic E-state index is 0.0598. The van der Waals surface area contributed by atoms with E-state index in [2.05, 4.69) is 5.32 Å². The third-order valence-corrected chi connectivity index (χ3v) is 3.94. The number of anilines is 1. The number of hydrogen-bond donors (Lipinski definition) is 1. The van der Waals surface area contributed by atoms with Gasteiger partial charge in [-0.3, -0.25) is 9.59 Å². The summed E-state index contributed by atoms with van der Waals surface area (Å²) in [6.07, 6.45) is -0.0598. The zero-order valence-corrected chi connectivity index (χ0v) is 15.1. The molecule has 0 aliphatic rings. The third kappa shape index (κ3) is 5.73. The number of nitrogens with zero attached hydrogens (tertiary/aromatic N) is 1. The highest BCUT2D eigenvalue weighted by atomic mass is 35.5. The van der Waals surface area contributed by atoms with Gasteiger partial charge in [0.1, 0.15) is 5.82 Å². The maximum atomic E-state index is 13.5. The molecule has 0 atom stereocenters. The topological polar surface area (TPSA) is 49.4 Å². The summed E-state index contributed by atoms with van der Waals surface area (Å²) in [4.78, 5) is 25.3. The molecule has 1 N–H and O–H groups in total. The number of carbonyl (C=O) groups is 2. The zero-order valence-electron chi connectivity index (χ0n) is 13.6. The largest absolute Gasteiger partial charge is 0.354 e. The number of halogens is 3. The number of nitrogens with one attached hydrogen (secondary N) is 1. The summed E-state index contributed by atoms with van der Waals surface area (Å²) >= 11 is 11.9. The first-order valence-corrected chi connectivity index (χ1v) is 8.36. The fourth-order valence-electron chi connectivity index (χ4n) is 2.35. The van der Waals surface area contributed by atoms with Gasteiger partial charge in [-0.2, -0.15) is 0 Å². The highest BCUT2D eigenvalue weighted by Gasteiger charge is 2.14. The first kappa shape index (κ1) is 19.2. The average molecular weight is 383 g/mol. The van der Waals surface area contributed by atoms with Gasteiger partial charge in [0.05, 0.1) is 6.42 Å². The van der Waals surface area contributed by atoms with Gasteiger partial charge < -0.3 is 10.2 Å². The van der Waals surface area contributed by atoms with Crippen molar-refractivity contribution in [1.29, 1.82) is 0 Å². The van der Waals surface area contributed by atoms with Gasteiger partial charge >= 0.3 is 0 Å². The number of amides is 2. The molecule has 2 aromatic rings. The van der Waals surface area contributed by atoms with Crippen LogP contribution in [0.15, 0.2) is 42.5 Å². The lowest BCUT2D eigenvalue weighted by molar-refractivity contribution is -0.121. The van der Waals surface area contributed by atoms with E-state index in [1.54, 1.807) is 36.4 Å². The molecule has 132 valence electrons. The van der Waals surface area contributed by atoms with Crippen LogP contribution < -0.4 is 10.2 Å². The van der Waals surface area contributed by atoms with E-state index in [1.807, 2.05) is 0 Å². The molecule has 0 aliphatic heterocycles. The number of carbonyl (C=O) groups excluding carboxylic acids is 2. The van der Waals surface area contributed by atoms with E-state index >= 15 is 0 Å². The summed E-state index contributed by atoms with van der Waals surface area (Å²) in [6, 6.07) is 10.9. The van der Waals surface area contributed by atoms with Crippen LogP contribution in [-0.4, -0.2) is 24.9 Å². The van der Waals surface area contributed by atoms with E-state index in [0.29, 0.717) is 21.3 Å². The lowest BCUT2D eigenvalue weighted by atomic mass is 10.1. The Morgan fingerprint density at radius 1 is 1.12 bits per heavy atom. The molecular weight excluding hydrogens is 366 g/mol. The third-order valence-electron chi connectivity index (χ3n) is 3.51. The molecule has 0 fully saturated rings. The molecule has 0 saturated carbocycles. The molecule has 0 spiro atoms. The first-order valence-electron chi connectivity index (χ1n) is 7.61. The van der Waals surface area contributed by atoms with E-state index < -0.39 is 5.82 Å². The zero-order chi connectivity index (χ0) is 18.4. The fraction of sp³-hybridized carbons (Fsp3) is 0.222. The second-order valence-corrected chi connectivity index (χ2v) is 6.29. The number of hydrogen-bond acceptors (Lipinski definition) is 2. The van der Waals surface area contributed by atoms with E-state index in [4.69, 9.17) is 23.2 Å². The van der Waals surface area contributed by atoms with Crippen molar-refractivity contribution in [1.82, 2.24) is 5.32 Å². The van der Waals surface area contributed by atoms with Crippen LogP contribution in [0.1, 0.15) is 12.5 Å². The van der Waals surface area contributed by atoms with Gasteiger partial charge in [0, 0.05) is 35.7 Å². The van der Waals surface area contributed by atoms with Gasteiger partial charge in [-0.05, 0) is 29.8 Å². The van der Waals surface area contributed by atoms with Crippen molar-refractivity contribution in [3.63, 3.8) is 0 Å². The molecule has 0 unspecified atom stereocenters. The molecule has 4 nitrogen and oxygen atoms in total. The second-order valence-electron chi connectivity index (χ2n) is 5.42. The SMILES string of the molecule is CC(=O)N(CCNC(=O)Cc1ccccc1F)c1cc(Cl)cc(Cl)c1. The quantitative estimate of drug-likeness (QED) is 0.824. The number of rotatable bonds is 6. The Kier molecular flexibility index (Phi) is 6.79. The van der Waals surface area contributed by atoms with Crippen LogP contribution in [0.5, 0.6) is 0 Å². The van der Waals surface area contributed by atoms with E-state index in [1.165, 1.54) is 17.9 Å². The first-order chi connectivity index (χ1) is 11.9. The van der Waals surface area contributed by atoms with Gasteiger partial charge in [0.15, 0.2) is 0 Å². The minimum atomic E-state index is -0.420. The maximum Gasteiger partial charge on any atom is 0.224 e. The molecule has 7 heteroatoms. The van der Waals surface area contributed by atoms with Crippen molar-refractivity contribution in [2.24, 2.45) is 0 Å². The highest BCUT2D eigenvalue weighted by molar-refractivity contribution is 6.35. The molecule has 0 aliphatic carbocycles. The molecular formula is C18H17Cl2FN2O2. The Balaban J connectivity index is 1.94. The fourth-order valence-corrected chi connectivity index (χ4v) is 2.86. The van der Waals surface area contributed by atoms with Crippen molar-refractivity contribution in [2.45, 2.75) is 13.3 Å². The smallest absolute Gasteiger partial charge is 0.224 e. The molecule has 0 saturated heterocycles. The Morgan fingerprint density at radius 3 is 2.36 bits per heavy atom. The van der Waals surface area contributed by atoms with Gasteiger partial charge in [0.25, 0.3) is 0 Å². The van der Waals surface area contributed by atoms with Gasteiger partial charge in [-0.25, -0.2) is 4.39 Å². The standard InChI is InChI=1S/C18H17Cl2FN2O2/c1-12(24)23(16-10-14(19)9-15(20)11-16)7-6-22-18(25)8-13-4-2-3-5-17(13)21/h2-5,9-11H,6-8H2,1H3,(H,22,25). The molecule has 2 amide bonds. The van der Waals surface area contributed by atoms with Crippen LogP contribution in [0.3, 0.4) is 0 Å². The van der Waals surface area contributed by atoms with Crippen LogP contribution in [0.4, 0.5) is 10.1 Å². The number of benzene rings is 2. The minimum Gasteiger partial charge on any atom is -0.354 e. The molecule has 0 aromatic heterocycles. The predicted octanol–water partition coefficient (Wildman–Crippen LogP) is 3.84. The van der Waals surface area contributed by atoms with Crippen molar-refractivity contribution in [3.8, 4) is 0 Å². The Hall–Kier alpha value is -2.11. The van der Waals surface area contributed by atoms with Crippen LogP contribution in [-0.2, 0) is 16.0 Å². The summed E-state index contributed by atoms with van der Waals surface area (Å²) in [7, 11) is 0. The summed E-state index contributed by atoms with van der Waals surface area (Å²) in [6.45, 7) is 1.88. The molecule has 0 heterocycles. The molecule has 2 aromatic carbocycles. The van der Waals surface area contributed by atoms with Crippen molar-refractivity contribution in [3.05, 3.63) is 63.9 Å².